The molecule has 6 heteroatoms. The first-order valence-corrected chi connectivity index (χ1v) is 7.69. The minimum Gasteiger partial charge on any atom is -0.493 e. The zero-order valence-electron chi connectivity index (χ0n) is 13.0. The first-order chi connectivity index (χ1) is 9.99. The number of nitrogens with zero attached hydrogens (tertiary/aromatic N) is 1. The number of carbonyl (C=O) groups is 1. The average Bonchev–Trinajstić information content (AvgIpc) is 2.46. The number of hydrogen-bond donors (Lipinski definition) is 1. The Bertz CT molecular complexity index is 478. The maximum absolute atomic E-state index is 11.5. The Hall–Kier alpha value is -1.27. The molecule has 0 atom stereocenters. The highest BCUT2D eigenvalue weighted by Gasteiger charge is 2.13. The van der Waals surface area contributed by atoms with E-state index in [0.717, 1.165) is 23.1 Å². The van der Waals surface area contributed by atoms with Gasteiger partial charge < -0.3 is 19.7 Å². The predicted octanol–water partition coefficient (Wildman–Crippen LogP) is 2.42. The van der Waals surface area contributed by atoms with Crippen molar-refractivity contribution in [3.8, 4) is 11.5 Å². The van der Waals surface area contributed by atoms with Crippen molar-refractivity contribution in [1.29, 1.82) is 0 Å². The van der Waals surface area contributed by atoms with Gasteiger partial charge in [0.15, 0.2) is 11.5 Å². The summed E-state index contributed by atoms with van der Waals surface area (Å²) in [7, 11) is 5.07. The summed E-state index contributed by atoms with van der Waals surface area (Å²) >= 11 is 3.50. The largest absolute Gasteiger partial charge is 0.493 e. The molecule has 0 aromatic heterocycles. The molecule has 5 nitrogen and oxygen atoms in total. The Balaban J connectivity index is 2.75. The van der Waals surface area contributed by atoms with E-state index in [1.165, 1.54) is 0 Å². The molecule has 0 heterocycles. The summed E-state index contributed by atoms with van der Waals surface area (Å²) in [6.07, 6.45) is 0.335. The number of nitrogens with one attached hydrogen (secondary N) is 1. The van der Waals surface area contributed by atoms with Crippen molar-refractivity contribution in [3.63, 3.8) is 0 Å². The Morgan fingerprint density at radius 2 is 2.10 bits per heavy atom. The van der Waals surface area contributed by atoms with Crippen LogP contribution in [-0.2, 0) is 11.3 Å². The van der Waals surface area contributed by atoms with Crippen LogP contribution in [0, 0.1) is 0 Å². The van der Waals surface area contributed by atoms with Crippen LogP contribution in [0.15, 0.2) is 16.6 Å². The van der Waals surface area contributed by atoms with Crippen LogP contribution in [0.5, 0.6) is 11.5 Å². The predicted molar refractivity (Wildman–Crippen MR) is 86.9 cm³/mol. The molecule has 0 fully saturated rings. The van der Waals surface area contributed by atoms with Crippen LogP contribution in [0.3, 0.4) is 0 Å². The van der Waals surface area contributed by atoms with Gasteiger partial charge in [-0.1, -0.05) is 6.92 Å². The number of methoxy groups -OCH3 is 1. The van der Waals surface area contributed by atoms with Crippen molar-refractivity contribution in [2.75, 3.05) is 34.4 Å². The number of hydrogen-bond acceptors (Lipinski definition) is 4. The fourth-order valence-electron chi connectivity index (χ4n) is 1.75. The second-order valence-corrected chi connectivity index (χ2v) is 5.63. The monoisotopic (exact) mass is 358 g/mol. The van der Waals surface area contributed by atoms with Crippen LogP contribution in [0.4, 0.5) is 0 Å². The Kier molecular flexibility index (Phi) is 7.53. The highest BCUT2D eigenvalue weighted by molar-refractivity contribution is 9.10. The van der Waals surface area contributed by atoms with E-state index in [9.17, 15) is 4.79 Å². The van der Waals surface area contributed by atoms with Crippen LogP contribution in [0.2, 0.25) is 0 Å². The Morgan fingerprint density at radius 1 is 1.38 bits per heavy atom. The minimum absolute atomic E-state index is 0.0360. The van der Waals surface area contributed by atoms with E-state index in [0.29, 0.717) is 24.5 Å². The van der Waals surface area contributed by atoms with Gasteiger partial charge in [0.1, 0.15) is 0 Å². The molecular weight excluding hydrogens is 336 g/mol. The van der Waals surface area contributed by atoms with Gasteiger partial charge in [-0.15, -0.1) is 0 Å². The molecule has 0 aliphatic rings. The van der Waals surface area contributed by atoms with E-state index in [1.807, 2.05) is 12.1 Å². The van der Waals surface area contributed by atoms with E-state index in [-0.39, 0.29) is 5.91 Å². The topological polar surface area (TPSA) is 50.8 Å². The van der Waals surface area contributed by atoms with Crippen LogP contribution < -0.4 is 14.8 Å². The molecule has 0 unspecified atom stereocenters. The van der Waals surface area contributed by atoms with Gasteiger partial charge in [-0.05, 0) is 40.2 Å². The third-order valence-corrected chi connectivity index (χ3v) is 3.52. The van der Waals surface area contributed by atoms with Gasteiger partial charge in [0.2, 0.25) is 5.91 Å². The van der Waals surface area contributed by atoms with Gasteiger partial charge >= 0.3 is 0 Å². The maximum atomic E-state index is 11.5. The third kappa shape index (κ3) is 5.55. The lowest BCUT2D eigenvalue weighted by Crippen LogP contribution is -2.23. The molecule has 118 valence electrons. The SMILES string of the molecule is CCNCc1cc(Br)c(OCCC(=O)N(C)C)c(OC)c1. The number of carbonyl (C=O) groups excluding carboxylic acids is 1. The normalized spacial score (nSPS) is 10.3. The van der Waals surface area contributed by atoms with Crippen LogP contribution >= 0.6 is 15.9 Å². The maximum Gasteiger partial charge on any atom is 0.225 e. The summed E-state index contributed by atoms with van der Waals surface area (Å²) in [5.41, 5.74) is 1.11. The zero-order valence-corrected chi connectivity index (χ0v) is 14.6. The van der Waals surface area contributed by atoms with Gasteiger partial charge in [-0.2, -0.15) is 0 Å². The number of ether oxygens (including phenoxy) is 2. The summed E-state index contributed by atoms with van der Waals surface area (Å²) in [5, 5.41) is 3.27. The summed E-state index contributed by atoms with van der Waals surface area (Å²) in [6, 6.07) is 3.94. The number of amides is 1. The standard InChI is InChI=1S/C15H23BrN2O3/c1-5-17-10-11-8-12(16)15(13(9-11)20-4)21-7-6-14(19)18(2)3/h8-9,17H,5-7,10H2,1-4H3. The van der Waals surface area contributed by atoms with Gasteiger partial charge in [0.25, 0.3) is 0 Å². The van der Waals surface area contributed by atoms with Crippen molar-refractivity contribution < 1.29 is 14.3 Å². The van der Waals surface area contributed by atoms with Crippen LogP contribution in [0.1, 0.15) is 18.9 Å². The Labute approximate surface area is 134 Å². The molecule has 1 aromatic carbocycles. The molecule has 0 spiro atoms. The molecule has 0 radical (unpaired) electrons. The lowest BCUT2D eigenvalue weighted by atomic mass is 10.2. The number of halogens is 1. The summed E-state index contributed by atoms with van der Waals surface area (Å²) in [6.45, 7) is 4.06. The van der Waals surface area contributed by atoms with Crippen molar-refractivity contribution in [1.82, 2.24) is 10.2 Å². The zero-order chi connectivity index (χ0) is 15.8. The quantitative estimate of drug-likeness (QED) is 0.775. The highest BCUT2D eigenvalue weighted by Crippen LogP contribution is 2.36. The second kappa shape index (κ2) is 8.89. The molecule has 0 bridgehead atoms. The van der Waals surface area contributed by atoms with Gasteiger partial charge in [-0.3, -0.25) is 4.79 Å². The summed E-state index contributed by atoms with van der Waals surface area (Å²) in [5.74, 6) is 1.33. The van der Waals surface area contributed by atoms with Crippen molar-refractivity contribution in [2.24, 2.45) is 0 Å². The smallest absolute Gasteiger partial charge is 0.225 e. The van der Waals surface area contributed by atoms with E-state index in [1.54, 1.807) is 26.1 Å². The summed E-state index contributed by atoms with van der Waals surface area (Å²) in [4.78, 5) is 13.1. The van der Waals surface area contributed by atoms with E-state index in [2.05, 4.69) is 28.2 Å². The Morgan fingerprint density at radius 3 is 2.67 bits per heavy atom. The second-order valence-electron chi connectivity index (χ2n) is 4.78. The fourth-order valence-corrected chi connectivity index (χ4v) is 2.35. The van der Waals surface area contributed by atoms with Crippen LogP contribution in [-0.4, -0.2) is 45.2 Å². The molecule has 0 aliphatic heterocycles. The molecule has 0 saturated carbocycles. The molecule has 1 rings (SSSR count). The highest BCUT2D eigenvalue weighted by atomic mass is 79.9. The molecule has 0 saturated heterocycles. The number of benzene rings is 1. The molecule has 21 heavy (non-hydrogen) atoms. The summed E-state index contributed by atoms with van der Waals surface area (Å²) < 4.78 is 11.9. The van der Waals surface area contributed by atoms with Gasteiger partial charge in [0, 0.05) is 20.6 Å². The molecule has 1 aromatic rings. The lowest BCUT2D eigenvalue weighted by molar-refractivity contribution is -0.129. The van der Waals surface area contributed by atoms with Crippen molar-refractivity contribution >= 4 is 21.8 Å². The van der Waals surface area contributed by atoms with Gasteiger partial charge in [-0.25, -0.2) is 0 Å². The van der Waals surface area contributed by atoms with Crippen LogP contribution in [0.25, 0.3) is 0 Å². The third-order valence-electron chi connectivity index (χ3n) is 2.93. The van der Waals surface area contributed by atoms with E-state index in [4.69, 9.17) is 9.47 Å². The molecule has 0 aliphatic carbocycles. The average molecular weight is 359 g/mol. The van der Waals surface area contributed by atoms with E-state index >= 15 is 0 Å². The molecule has 1 amide bonds. The van der Waals surface area contributed by atoms with E-state index < -0.39 is 0 Å². The molecular formula is C15H23BrN2O3. The van der Waals surface area contributed by atoms with Crippen molar-refractivity contribution in [2.45, 2.75) is 19.9 Å². The fraction of sp³-hybridized carbons (Fsp3) is 0.533. The lowest BCUT2D eigenvalue weighted by Gasteiger charge is -2.15. The first-order valence-electron chi connectivity index (χ1n) is 6.89. The van der Waals surface area contributed by atoms with Crippen molar-refractivity contribution in [3.05, 3.63) is 22.2 Å². The number of rotatable bonds is 8. The minimum atomic E-state index is 0.0360. The first kappa shape index (κ1) is 17.8. The van der Waals surface area contributed by atoms with Gasteiger partial charge in [0.05, 0.1) is 24.6 Å². The molecule has 1 N–H and O–H groups in total.